The zero-order chi connectivity index (χ0) is 15.0. The van der Waals surface area contributed by atoms with Crippen molar-refractivity contribution < 1.29 is 5.11 Å². The van der Waals surface area contributed by atoms with Crippen molar-refractivity contribution in [3.63, 3.8) is 0 Å². The van der Waals surface area contributed by atoms with Gasteiger partial charge in [0, 0.05) is 23.4 Å². The van der Waals surface area contributed by atoms with Crippen LogP contribution in [0.5, 0.6) is 5.88 Å². The number of nitrogens with zero attached hydrogens (tertiary/aromatic N) is 2. The Morgan fingerprint density at radius 2 is 2.14 bits per heavy atom. The maximum Gasteiger partial charge on any atom is 0.328 e. The van der Waals surface area contributed by atoms with Crippen LogP contribution in [-0.4, -0.2) is 20.4 Å². The standard InChI is InChI=1S/C16H17N3O2/c1-3-8-19-15(20)14(18-16(19)21)9-12-10(2)17-13-7-5-4-6-11(12)13/h4-7,9,20H,3,8H2,1-2H3,(H,18,21). The van der Waals surface area contributed by atoms with Crippen LogP contribution >= 0.6 is 0 Å². The Bertz CT molecular complexity index is 809. The molecule has 1 aliphatic heterocycles. The fraction of sp³-hybridized carbons (Fsp3) is 0.250. The smallest absolute Gasteiger partial charge is 0.328 e. The maximum absolute atomic E-state index is 11.8. The summed E-state index contributed by atoms with van der Waals surface area (Å²) in [6.07, 6.45) is 2.57. The average Bonchev–Trinajstić information content (AvgIpc) is 2.92. The van der Waals surface area contributed by atoms with Crippen molar-refractivity contribution in [1.29, 1.82) is 0 Å². The Labute approximate surface area is 122 Å². The minimum atomic E-state index is -0.290. The molecule has 0 amide bonds. The number of fused-ring (bicyclic) bond motifs is 1. The first kappa shape index (κ1) is 13.4. The first-order valence-corrected chi connectivity index (χ1v) is 7.00. The molecule has 108 valence electrons. The third-order valence-corrected chi connectivity index (χ3v) is 3.59. The molecule has 0 unspecified atom stereocenters. The van der Waals surface area contributed by atoms with E-state index in [-0.39, 0.29) is 11.6 Å². The van der Waals surface area contributed by atoms with Gasteiger partial charge in [0.25, 0.3) is 0 Å². The van der Waals surface area contributed by atoms with Crippen LogP contribution in [0.15, 0.2) is 34.1 Å². The first-order chi connectivity index (χ1) is 10.1. The molecule has 0 spiro atoms. The number of imidazole rings is 1. The number of hydrogen-bond donors (Lipinski definition) is 2. The summed E-state index contributed by atoms with van der Waals surface area (Å²) in [6.45, 7) is 4.37. The summed E-state index contributed by atoms with van der Waals surface area (Å²) in [5, 5.41) is 10.2. The van der Waals surface area contributed by atoms with Crippen molar-refractivity contribution in [3.8, 4) is 5.88 Å². The number of allylic oxidation sites excluding steroid dienone is 1. The van der Waals surface area contributed by atoms with Crippen LogP contribution in [0, 0.1) is 0 Å². The maximum atomic E-state index is 11.8. The second-order valence-electron chi connectivity index (χ2n) is 5.09. The quantitative estimate of drug-likeness (QED) is 0.909. The molecule has 0 saturated heterocycles. The molecule has 2 aromatic rings. The Hall–Kier alpha value is -2.56. The number of para-hydroxylation sites is 1. The van der Waals surface area contributed by atoms with Crippen LogP contribution in [0.25, 0.3) is 11.6 Å². The fourth-order valence-corrected chi connectivity index (χ4v) is 2.57. The molecule has 5 nitrogen and oxygen atoms in total. The van der Waals surface area contributed by atoms with E-state index in [1.807, 2.05) is 38.1 Å². The third-order valence-electron chi connectivity index (χ3n) is 3.59. The van der Waals surface area contributed by atoms with Gasteiger partial charge in [-0.15, -0.1) is 0 Å². The summed E-state index contributed by atoms with van der Waals surface area (Å²) < 4.78 is 1.35. The number of aromatic amines is 1. The van der Waals surface area contributed by atoms with E-state index in [2.05, 4.69) is 9.98 Å². The second-order valence-corrected chi connectivity index (χ2v) is 5.09. The van der Waals surface area contributed by atoms with Gasteiger partial charge in [-0.3, -0.25) is 9.56 Å². The molecule has 2 N–H and O–H groups in total. The van der Waals surface area contributed by atoms with Crippen LogP contribution in [0.2, 0.25) is 0 Å². The van der Waals surface area contributed by atoms with E-state index in [9.17, 15) is 9.90 Å². The normalized spacial score (nSPS) is 15.3. The summed E-state index contributed by atoms with van der Waals surface area (Å²) in [7, 11) is 0. The van der Waals surface area contributed by atoms with Gasteiger partial charge in [0.05, 0.1) is 5.69 Å². The Kier molecular flexibility index (Phi) is 3.25. The Balaban J connectivity index is 2.10. The van der Waals surface area contributed by atoms with Crippen LogP contribution in [0.1, 0.15) is 31.5 Å². The summed E-state index contributed by atoms with van der Waals surface area (Å²) >= 11 is 0. The monoisotopic (exact) mass is 283 g/mol. The molecule has 0 aliphatic carbocycles. The number of nitrogens with one attached hydrogen (secondary N) is 1. The number of H-pyrrole nitrogens is 1. The molecular formula is C16H17N3O2. The zero-order valence-corrected chi connectivity index (χ0v) is 12.1. The van der Waals surface area contributed by atoms with Crippen molar-refractivity contribution in [2.75, 3.05) is 0 Å². The number of rotatable bonds is 3. The van der Waals surface area contributed by atoms with E-state index in [0.717, 1.165) is 29.0 Å². The highest BCUT2D eigenvalue weighted by molar-refractivity contribution is 6.31. The number of aromatic nitrogens is 2. The predicted molar refractivity (Wildman–Crippen MR) is 84.1 cm³/mol. The lowest BCUT2D eigenvalue weighted by atomic mass is 10.0. The zero-order valence-electron chi connectivity index (χ0n) is 12.1. The Morgan fingerprint density at radius 3 is 2.90 bits per heavy atom. The number of aromatic hydroxyl groups is 1. The largest absolute Gasteiger partial charge is 0.493 e. The molecule has 0 bridgehead atoms. The predicted octanol–water partition coefficient (Wildman–Crippen LogP) is 2.94. The van der Waals surface area contributed by atoms with Crippen molar-refractivity contribution >= 4 is 23.0 Å². The average molecular weight is 283 g/mol. The van der Waals surface area contributed by atoms with E-state index < -0.39 is 0 Å². The van der Waals surface area contributed by atoms with Crippen molar-refractivity contribution in [2.45, 2.75) is 26.8 Å². The molecule has 0 saturated carbocycles. The minimum Gasteiger partial charge on any atom is -0.493 e. The molecule has 1 aromatic carbocycles. The van der Waals surface area contributed by atoms with Gasteiger partial charge in [0.1, 0.15) is 5.69 Å². The highest BCUT2D eigenvalue weighted by Gasteiger charge is 2.19. The lowest BCUT2D eigenvalue weighted by Gasteiger charge is -2.02. The summed E-state index contributed by atoms with van der Waals surface area (Å²) in [4.78, 5) is 19.0. The summed E-state index contributed by atoms with van der Waals surface area (Å²) in [5.41, 5.74) is 3.86. The van der Waals surface area contributed by atoms with Crippen LogP contribution in [0.3, 0.4) is 0 Å². The van der Waals surface area contributed by atoms with E-state index in [1.165, 1.54) is 4.57 Å². The van der Waals surface area contributed by atoms with Gasteiger partial charge < -0.3 is 10.1 Å². The molecule has 1 aliphatic rings. The molecule has 3 rings (SSSR count). The molecule has 0 radical (unpaired) electrons. The van der Waals surface area contributed by atoms with Gasteiger partial charge in [-0.25, -0.2) is 4.79 Å². The molecule has 0 fully saturated rings. The van der Waals surface area contributed by atoms with Crippen molar-refractivity contribution in [3.05, 3.63) is 46.0 Å². The molecule has 21 heavy (non-hydrogen) atoms. The molecule has 2 heterocycles. The molecule has 5 heteroatoms. The first-order valence-electron chi connectivity index (χ1n) is 7.00. The van der Waals surface area contributed by atoms with Gasteiger partial charge in [-0.1, -0.05) is 25.1 Å². The van der Waals surface area contributed by atoms with Gasteiger partial charge in [0.2, 0.25) is 5.88 Å². The minimum absolute atomic E-state index is 0.0217. The van der Waals surface area contributed by atoms with Crippen LogP contribution in [0.4, 0.5) is 5.69 Å². The van der Waals surface area contributed by atoms with Crippen LogP contribution < -0.4 is 5.69 Å². The summed E-state index contributed by atoms with van der Waals surface area (Å²) in [5.74, 6) is -0.0217. The molecule has 1 aromatic heterocycles. The van der Waals surface area contributed by atoms with Crippen molar-refractivity contribution in [2.24, 2.45) is 4.99 Å². The van der Waals surface area contributed by atoms with Gasteiger partial charge in [-0.05, 0) is 25.5 Å². The lowest BCUT2D eigenvalue weighted by Crippen LogP contribution is -2.15. The topological polar surface area (TPSA) is 70.4 Å². The number of hydrogen-bond acceptors (Lipinski definition) is 3. The van der Waals surface area contributed by atoms with Gasteiger partial charge >= 0.3 is 5.69 Å². The van der Waals surface area contributed by atoms with Gasteiger partial charge in [-0.2, -0.15) is 0 Å². The highest BCUT2D eigenvalue weighted by atomic mass is 16.3. The van der Waals surface area contributed by atoms with E-state index >= 15 is 0 Å². The number of benzene rings is 1. The van der Waals surface area contributed by atoms with Crippen LogP contribution in [-0.2, 0) is 6.54 Å². The summed E-state index contributed by atoms with van der Waals surface area (Å²) in [6, 6.07) is 7.82. The third kappa shape index (κ3) is 2.20. The second kappa shape index (κ2) is 5.09. The van der Waals surface area contributed by atoms with Gasteiger partial charge in [0.15, 0.2) is 0 Å². The Morgan fingerprint density at radius 1 is 1.38 bits per heavy atom. The van der Waals surface area contributed by atoms with E-state index in [0.29, 0.717) is 12.2 Å². The molecule has 0 atom stereocenters. The number of aliphatic imine (C=N–C) groups is 1. The highest BCUT2D eigenvalue weighted by Crippen LogP contribution is 2.36. The fourth-order valence-electron chi connectivity index (χ4n) is 2.57. The van der Waals surface area contributed by atoms with E-state index in [1.54, 1.807) is 6.08 Å². The lowest BCUT2D eigenvalue weighted by molar-refractivity contribution is 0.411. The van der Waals surface area contributed by atoms with E-state index in [4.69, 9.17) is 0 Å². The molecular weight excluding hydrogens is 266 g/mol. The van der Waals surface area contributed by atoms with Crippen molar-refractivity contribution in [1.82, 2.24) is 9.55 Å². The SMILES string of the molecule is CCCn1c(O)c(C=C2C(C)=Nc3ccccc32)[nH]c1=O.